The maximum atomic E-state index is 12.6. The first kappa shape index (κ1) is 15.3. The molecule has 0 unspecified atom stereocenters. The quantitative estimate of drug-likeness (QED) is 0.839. The molecule has 0 saturated heterocycles. The number of nitrogens with zero attached hydrogens (tertiary/aromatic N) is 3. The summed E-state index contributed by atoms with van der Waals surface area (Å²) in [7, 11) is 1.58. The van der Waals surface area contributed by atoms with Gasteiger partial charge in [0.15, 0.2) is 0 Å². The third-order valence-electron chi connectivity index (χ3n) is 3.43. The maximum Gasteiger partial charge on any atom is 0.230 e. The maximum absolute atomic E-state index is 12.6. The zero-order valence-corrected chi connectivity index (χ0v) is 12.5. The molecule has 1 aromatic heterocycles. The SMILES string of the molecule is COCC(C)(C)C(=O)N1CCOc2c(C#N)cncc2C1. The van der Waals surface area contributed by atoms with Gasteiger partial charge in [0.05, 0.1) is 25.1 Å². The van der Waals surface area contributed by atoms with Gasteiger partial charge in [0.1, 0.15) is 24.0 Å². The van der Waals surface area contributed by atoms with E-state index < -0.39 is 5.41 Å². The van der Waals surface area contributed by atoms with Crippen molar-refractivity contribution in [3.63, 3.8) is 0 Å². The summed E-state index contributed by atoms with van der Waals surface area (Å²) >= 11 is 0. The third-order valence-corrected chi connectivity index (χ3v) is 3.43. The van der Waals surface area contributed by atoms with E-state index in [2.05, 4.69) is 11.1 Å². The molecule has 0 saturated carbocycles. The minimum atomic E-state index is -0.598. The summed E-state index contributed by atoms with van der Waals surface area (Å²) in [4.78, 5) is 18.4. The number of pyridine rings is 1. The normalized spacial score (nSPS) is 14.7. The van der Waals surface area contributed by atoms with E-state index in [1.807, 2.05) is 13.8 Å². The van der Waals surface area contributed by atoms with E-state index in [4.69, 9.17) is 14.7 Å². The van der Waals surface area contributed by atoms with Gasteiger partial charge >= 0.3 is 0 Å². The standard InChI is InChI=1S/C15H19N3O3/c1-15(2,10-20-3)14(19)18-4-5-21-13-11(6-16)7-17-8-12(13)9-18/h7-8H,4-5,9-10H2,1-3H3. The molecular weight excluding hydrogens is 270 g/mol. The molecule has 1 aromatic rings. The Labute approximate surface area is 124 Å². The Morgan fingerprint density at radius 2 is 2.33 bits per heavy atom. The van der Waals surface area contributed by atoms with Gasteiger partial charge in [-0.1, -0.05) is 0 Å². The highest BCUT2D eigenvalue weighted by molar-refractivity contribution is 5.82. The van der Waals surface area contributed by atoms with Crippen LogP contribution in [0, 0.1) is 16.7 Å². The lowest BCUT2D eigenvalue weighted by atomic mass is 9.92. The number of amides is 1. The topological polar surface area (TPSA) is 75.4 Å². The van der Waals surface area contributed by atoms with Gasteiger partial charge in [-0.3, -0.25) is 9.78 Å². The van der Waals surface area contributed by atoms with Gasteiger partial charge in [0.2, 0.25) is 5.91 Å². The van der Waals surface area contributed by atoms with Crippen LogP contribution in [0.1, 0.15) is 25.0 Å². The van der Waals surface area contributed by atoms with Crippen LogP contribution in [0.5, 0.6) is 5.75 Å². The number of aromatic nitrogens is 1. The highest BCUT2D eigenvalue weighted by Gasteiger charge is 2.33. The van der Waals surface area contributed by atoms with Crippen LogP contribution in [0.4, 0.5) is 0 Å². The fourth-order valence-electron chi connectivity index (χ4n) is 2.42. The summed E-state index contributed by atoms with van der Waals surface area (Å²) in [5, 5.41) is 9.09. The first-order valence-electron chi connectivity index (χ1n) is 6.77. The molecule has 0 spiro atoms. The lowest BCUT2D eigenvalue weighted by Crippen LogP contribution is -2.43. The van der Waals surface area contributed by atoms with E-state index >= 15 is 0 Å². The van der Waals surface area contributed by atoms with E-state index in [0.717, 1.165) is 5.56 Å². The number of carbonyl (C=O) groups excluding carboxylic acids is 1. The molecule has 0 radical (unpaired) electrons. The number of hydrogen-bond donors (Lipinski definition) is 0. The highest BCUT2D eigenvalue weighted by atomic mass is 16.5. The van der Waals surface area contributed by atoms with Crippen molar-refractivity contribution in [1.29, 1.82) is 5.26 Å². The molecule has 1 amide bonds. The largest absolute Gasteiger partial charge is 0.490 e. The smallest absolute Gasteiger partial charge is 0.230 e. The molecule has 0 N–H and O–H groups in total. The van der Waals surface area contributed by atoms with E-state index in [1.54, 1.807) is 18.2 Å². The van der Waals surface area contributed by atoms with E-state index in [9.17, 15) is 4.79 Å². The molecular formula is C15H19N3O3. The molecule has 21 heavy (non-hydrogen) atoms. The summed E-state index contributed by atoms with van der Waals surface area (Å²) < 4.78 is 10.8. The van der Waals surface area contributed by atoms with E-state index in [1.165, 1.54) is 6.20 Å². The number of methoxy groups -OCH3 is 1. The molecule has 2 rings (SSSR count). The molecule has 6 nitrogen and oxygen atoms in total. The second-order valence-electron chi connectivity index (χ2n) is 5.68. The Bertz CT molecular complexity index is 578. The monoisotopic (exact) mass is 289 g/mol. The predicted molar refractivity (Wildman–Crippen MR) is 75.5 cm³/mol. The van der Waals surface area contributed by atoms with Gasteiger partial charge in [-0.25, -0.2) is 0 Å². The third kappa shape index (κ3) is 3.14. The molecule has 0 aromatic carbocycles. The summed E-state index contributed by atoms with van der Waals surface area (Å²) in [5.74, 6) is 0.538. The summed E-state index contributed by atoms with van der Waals surface area (Å²) in [6.45, 7) is 5.30. The molecule has 1 aliphatic rings. The van der Waals surface area contributed by atoms with Gasteiger partial charge in [-0.15, -0.1) is 0 Å². The van der Waals surface area contributed by atoms with Gasteiger partial charge in [-0.2, -0.15) is 5.26 Å². The van der Waals surface area contributed by atoms with Crippen molar-refractivity contribution in [3.8, 4) is 11.8 Å². The van der Waals surface area contributed by atoms with Crippen LogP contribution in [-0.4, -0.2) is 42.7 Å². The van der Waals surface area contributed by atoms with Crippen LogP contribution in [-0.2, 0) is 16.1 Å². The van der Waals surface area contributed by atoms with Crippen LogP contribution in [0.3, 0.4) is 0 Å². The van der Waals surface area contributed by atoms with Crippen LogP contribution < -0.4 is 4.74 Å². The fourth-order valence-corrected chi connectivity index (χ4v) is 2.42. The van der Waals surface area contributed by atoms with Crippen LogP contribution in [0.25, 0.3) is 0 Å². The van der Waals surface area contributed by atoms with Gasteiger partial charge in [0.25, 0.3) is 0 Å². The summed E-state index contributed by atoms with van der Waals surface area (Å²) in [6.07, 6.45) is 3.12. The molecule has 6 heteroatoms. The Morgan fingerprint density at radius 1 is 1.57 bits per heavy atom. The molecule has 1 aliphatic heterocycles. The van der Waals surface area contributed by atoms with Crippen molar-refractivity contribution in [2.75, 3.05) is 26.9 Å². The minimum absolute atomic E-state index is 0.00293. The van der Waals surface area contributed by atoms with Crippen molar-refractivity contribution in [2.24, 2.45) is 5.41 Å². The van der Waals surface area contributed by atoms with Crippen molar-refractivity contribution in [3.05, 3.63) is 23.5 Å². The fraction of sp³-hybridized carbons (Fsp3) is 0.533. The second-order valence-corrected chi connectivity index (χ2v) is 5.68. The zero-order valence-electron chi connectivity index (χ0n) is 12.5. The molecule has 0 atom stereocenters. The van der Waals surface area contributed by atoms with E-state index in [0.29, 0.717) is 37.6 Å². The molecule has 112 valence electrons. The summed E-state index contributed by atoms with van der Waals surface area (Å²) in [6, 6.07) is 2.07. The average molecular weight is 289 g/mol. The lowest BCUT2D eigenvalue weighted by molar-refractivity contribution is -0.143. The predicted octanol–water partition coefficient (Wildman–Crippen LogP) is 1.35. The number of hydrogen-bond acceptors (Lipinski definition) is 5. The number of fused-ring (bicyclic) bond motifs is 1. The van der Waals surface area contributed by atoms with Crippen molar-refractivity contribution < 1.29 is 14.3 Å². The van der Waals surface area contributed by atoms with Crippen molar-refractivity contribution in [2.45, 2.75) is 20.4 Å². The van der Waals surface area contributed by atoms with E-state index in [-0.39, 0.29) is 5.91 Å². The van der Waals surface area contributed by atoms with Crippen LogP contribution >= 0.6 is 0 Å². The molecule has 0 fully saturated rings. The Hall–Kier alpha value is -2.13. The average Bonchev–Trinajstić information content (AvgIpc) is 2.68. The summed E-state index contributed by atoms with van der Waals surface area (Å²) in [5.41, 5.74) is 0.561. The van der Waals surface area contributed by atoms with Gasteiger partial charge in [0, 0.05) is 25.1 Å². The Balaban J connectivity index is 2.26. The first-order valence-corrected chi connectivity index (χ1v) is 6.77. The van der Waals surface area contributed by atoms with Crippen LogP contribution in [0.2, 0.25) is 0 Å². The lowest BCUT2D eigenvalue weighted by Gasteiger charge is -2.30. The highest BCUT2D eigenvalue weighted by Crippen LogP contribution is 2.28. The number of carbonyl (C=O) groups is 1. The minimum Gasteiger partial charge on any atom is -0.490 e. The van der Waals surface area contributed by atoms with Crippen molar-refractivity contribution >= 4 is 5.91 Å². The molecule has 2 heterocycles. The Kier molecular flexibility index (Phi) is 4.43. The van der Waals surface area contributed by atoms with Gasteiger partial charge < -0.3 is 14.4 Å². The van der Waals surface area contributed by atoms with Crippen molar-refractivity contribution in [1.82, 2.24) is 9.88 Å². The number of nitriles is 1. The zero-order chi connectivity index (χ0) is 15.5. The number of rotatable bonds is 3. The van der Waals surface area contributed by atoms with Gasteiger partial charge in [-0.05, 0) is 13.8 Å². The number of ether oxygens (including phenoxy) is 2. The second kappa shape index (κ2) is 6.10. The van der Waals surface area contributed by atoms with Crippen LogP contribution in [0.15, 0.2) is 12.4 Å². The molecule has 0 aliphatic carbocycles. The Morgan fingerprint density at radius 3 is 3.00 bits per heavy atom. The molecule has 0 bridgehead atoms. The first-order chi connectivity index (χ1) is 9.99.